The summed E-state index contributed by atoms with van der Waals surface area (Å²) in [5, 5.41) is 2.87. The van der Waals surface area contributed by atoms with Gasteiger partial charge in [0.05, 0.1) is 12.6 Å². The van der Waals surface area contributed by atoms with Crippen molar-refractivity contribution >= 4 is 5.91 Å². The minimum absolute atomic E-state index is 0.0497. The SMILES string of the molecule is CCc1ccc(C(C)NC(=O)C(N)COC)cc1. The number of rotatable bonds is 6. The van der Waals surface area contributed by atoms with Gasteiger partial charge in [-0.1, -0.05) is 31.2 Å². The summed E-state index contributed by atoms with van der Waals surface area (Å²) in [6.07, 6.45) is 1.01. The Hall–Kier alpha value is -1.39. The molecule has 0 saturated carbocycles. The minimum atomic E-state index is -0.618. The zero-order valence-corrected chi connectivity index (χ0v) is 11.3. The van der Waals surface area contributed by atoms with Crippen LogP contribution in [0.15, 0.2) is 24.3 Å². The quantitative estimate of drug-likeness (QED) is 0.802. The topological polar surface area (TPSA) is 64.4 Å². The van der Waals surface area contributed by atoms with E-state index in [0.29, 0.717) is 0 Å². The standard InChI is InChI=1S/C14H22N2O2/c1-4-11-5-7-12(8-6-11)10(2)16-14(17)13(15)9-18-3/h5-8,10,13H,4,9,15H2,1-3H3,(H,16,17). The fraction of sp³-hybridized carbons (Fsp3) is 0.500. The van der Waals surface area contributed by atoms with Crippen LogP contribution in [0.4, 0.5) is 0 Å². The van der Waals surface area contributed by atoms with Crippen LogP contribution in [0.3, 0.4) is 0 Å². The van der Waals surface area contributed by atoms with Crippen LogP contribution in [0.25, 0.3) is 0 Å². The Morgan fingerprint density at radius 1 is 1.39 bits per heavy atom. The van der Waals surface area contributed by atoms with E-state index in [0.717, 1.165) is 12.0 Å². The molecular weight excluding hydrogens is 228 g/mol. The van der Waals surface area contributed by atoms with Crippen LogP contribution in [-0.2, 0) is 16.0 Å². The summed E-state index contributed by atoms with van der Waals surface area (Å²) >= 11 is 0. The number of carbonyl (C=O) groups excluding carboxylic acids is 1. The van der Waals surface area contributed by atoms with Gasteiger partial charge in [-0.2, -0.15) is 0 Å². The molecule has 4 nitrogen and oxygen atoms in total. The second kappa shape index (κ2) is 7.13. The maximum atomic E-state index is 11.7. The molecule has 0 fully saturated rings. The molecule has 1 amide bonds. The maximum Gasteiger partial charge on any atom is 0.239 e. The highest BCUT2D eigenvalue weighted by Crippen LogP contribution is 2.13. The van der Waals surface area contributed by atoms with Crippen molar-refractivity contribution in [2.24, 2.45) is 5.73 Å². The average molecular weight is 250 g/mol. The van der Waals surface area contributed by atoms with E-state index in [-0.39, 0.29) is 18.6 Å². The lowest BCUT2D eigenvalue weighted by Gasteiger charge is -2.17. The van der Waals surface area contributed by atoms with Crippen LogP contribution < -0.4 is 11.1 Å². The zero-order chi connectivity index (χ0) is 13.5. The lowest BCUT2D eigenvalue weighted by atomic mass is 10.0. The molecule has 0 aliphatic carbocycles. The van der Waals surface area contributed by atoms with E-state index >= 15 is 0 Å². The van der Waals surface area contributed by atoms with Gasteiger partial charge in [0.25, 0.3) is 0 Å². The monoisotopic (exact) mass is 250 g/mol. The first-order valence-electron chi connectivity index (χ1n) is 6.22. The number of benzene rings is 1. The molecule has 0 aliphatic heterocycles. The first-order chi connectivity index (χ1) is 8.58. The molecule has 1 aromatic carbocycles. The predicted molar refractivity (Wildman–Crippen MR) is 72.2 cm³/mol. The molecule has 2 unspecified atom stereocenters. The predicted octanol–water partition coefficient (Wildman–Crippen LogP) is 1.40. The summed E-state index contributed by atoms with van der Waals surface area (Å²) in [5.74, 6) is -0.191. The third-order valence-corrected chi connectivity index (χ3v) is 2.93. The molecule has 4 heteroatoms. The van der Waals surface area contributed by atoms with E-state index in [2.05, 4.69) is 24.4 Å². The van der Waals surface area contributed by atoms with Gasteiger partial charge in [-0.25, -0.2) is 0 Å². The van der Waals surface area contributed by atoms with Gasteiger partial charge in [-0.15, -0.1) is 0 Å². The summed E-state index contributed by atoms with van der Waals surface area (Å²) in [4.78, 5) is 11.7. The first-order valence-corrected chi connectivity index (χ1v) is 6.22. The highest BCUT2D eigenvalue weighted by molar-refractivity contribution is 5.82. The van der Waals surface area contributed by atoms with Gasteiger partial charge in [0, 0.05) is 7.11 Å². The molecule has 0 aromatic heterocycles. The normalized spacial score (nSPS) is 14.0. The van der Waals surface area contributed by atoms with Gasteiger partial charge in [-0.3, -0.25) is 4.79 Å². The van der Waals surface area contributed by atoms with E-state index in [1.54, 1.807) is 0 Å². The second-order valence-electron chi connectivity index (χ2n) is 4.39. The van der Waals surface area contributed by atoms with E-state index in [1.807, 2.05) is 19.1 Å². The number of methoxy groups -OCH3 is 1. The van der Waals surface area contributed by atoms with E-state index < -0.39 is 6.04 Å². The summed E-state index contributed by atoms with van der Waals surface area (Å²) in [6, 6.07) is 7.55. The van der Waals surface area contributed by atoms with Crippen molar-refractivity contribution in [1.29, 1.82) is 0 Å². The van der Waals surface area contributed by atoms with Gasteiger partial charge in [0.2, 0.25) is 5.91 Å². The van der Waals surface area contributed by atoms with Crippen molar-refractivity contribution in [2.75, 3.05) is 13.7 Å². The molecule has 0 aliphatic rings. The van der Waals surface area contributed by atoms with Crippen molar-refractivity contribution in [3.63, 3.8) is 0 Å². The fourth-order valence-electron chi connectivity index (χ4n) is 1.70. The maximum absolute atomic E-state index is 11.7. The molecule has 3 N–H and O–H groups in total. The molecule has 0 heterocycles. The van der Waals surface area contributed by atoms with Crippen LogP contribution in [0.2, 0.25) is 0 Å². The Balaban J connectivity index is 2.58. The molecule has 0 bridgehead atoms. The summed E-state index contributed by atoms with van der Waals surface area (Å²) in [6.45, 7) is 4.29. The first kappa shape index (κ1) is 14.7. The Bertz CT molecular complexity index is 376. The molecule has 18 heavy (non-hydrogen) atoms. The van der Waals surface area contributed by atoms with Crippen molar-refractivity contribution in [2.45, 2.75) is 32.4 Å². The number of carbonyl (C=O) groups is 1. The molecule has 2 atom stereocenters. The summed E-state index contributed by atoms with van der Waals surface area (Å²) in [5.41, 5.74) is 8.02. The van der Waals surface area contributed by atoms with Crippen LogP contribution in [-0.4, -0.2) is 25.7 Å². The lowest BCUT2D eigenvalue weighted by molar-refractivity contribution is -0.124. The molecule has 0 radical (unpaired) electrons. The third kappa shape index (κ3) is 4.13. The van der Waals surface area contributed by atoms with Crippen LogP contribution in [0.5, 0.6) is 0 Å². The number of amides is 1. The lowest BCUT2D eigenvalue weighted by Crippen LogP contribution is -2.44. The molecule has 0 saturated heterocycles. The number of nitrogens with one attached hydrogen (secondary N) is 1. The van der Waals surface area contributed by atoms with Crippen LogP contribution in [0, 0.1) is 0 Å². The number of ether oxygens (including phenoxy) is 1. The Labute approximate surface area is 109 Å². The van der Waals surface area contributed by atoms with Crippen molar-refractivity contribution in [3.05, 3.63) is 35.4 Å². The number of nitrogens with two attached hydrogens (primary N) is 1. The third-order valence-electron chi connectivity index (χ3n) is 2.93. The highest BCUT2D eigenvalue weighted by atomic mass is 16.5. The fourth-order valence-corrected chi connectivity index (χ4v) is 1.70. The number of aryl methyl sites for hydroxylation is 1. The van der Waals surface area contributed by atoms with Crippen LogP contribution in [0.1, 0.15) is 31.0 Å². The molecule has 0 spiro atoms. The van der Waals surface area contributed by atoms with Gasteiger partial charge in [-0.05, 0) is 24.5 Å². The van der Waals surface area contributed by atoms with E-state index in [1.165, 1.54) is 12.7 Å². The smallest absolute Gasteiger partial charge is 0.239 e. The van der Waals surface area contributed by atoms with Crippen molar-refractivity contribution in [3.8, 4) is 0 Å². The highest BCUT2D eigenvalue weighted by Gasteiger charge is 2.16. The molecular formula is C14H22N2O2. The van der Waals surface area contributed by atoms with Crippen molar-refractivity contribution < 1.29 is 9.53 Å². The Morgan fingerprint density at radius 3 is 2.50 bits per heavy atom. The number of hydrogen-bond acceptors (Lipinski definition) is 3. The zero-order valence-electron chi connectivity index (χ0n) is 11.3. The Kier molecular flexibility index (Phi) is 5.82. The van der Waals surface area contributed by atoms with Gasteiger partial charge >= 0.3 is 0 Å². The van der Waals surface area contributed by atoms with Crippen molar-refractivity contribution in [1.82, 2.24) is 5.32 Å². The van der Waals surface area contributed by atoms with Gasteiger partial charge in [0.15, 0.2) is 0 Å². The Morgan fingerprint density at radius 2 is 2.00 bits per heavy atom. The van der Waals surface area contributed by atoms with Crippen LogP contribution >= 0.6 is 0 Å². The van der Waals surface area contributed by atoms with E-state index in [9.17, 15) is 4.79 Å². The van der Waals surface area contributed by atoms with Gasteiger partial charge < -0.3 is 15.8 Å². The largest absolute Gasteiger partial charge is 0.383 e. The minimum Gasteiger partial charge on any atom is -0.383 e. The number of hydrogen-bond donors (Lipinski definition) is 2. The average Bonchev–Trinajstić information content (AvgIpc) is 2.39. The summed E-state index contributed by atoms with van der Waals surface area (Å²) in [7, 11) is 1.53. The van der Waals surface area contributed by atoms with Gasteiger partial charge in [0.1, 0.15) is 6.04 Å². The van der Waals surface area contributed by atoms with E-state index in [4.69, 9.17) is 10.5 Å². The summed E-state index contributed by atoms with van der Waals surface area (Å²) < 4.78 is 4.86. The molecule has 1 aromatic rings. The molecule has 1 rings (SSSR count). The second-order valence-corrected chi connectivity index (χ2v) is 4.39. The molecule has 100 valence electrons.